The van der Waals surface area contributed by atoms with Crippen molar-refractivity contribution >= 4 is 65.4 Å². The van der Waals surface area contributed by atoms with Crippen LogP contribution < -0.4 is 26.2 Å². The van der Waals surface area contributed by atoms with E-state index in [2.05, 4.69) is 21.3 Å². The number of aldehydes is 1. The molecule has 5 heterocycles. The number of piperazine rings is 1. The largest absolute Gasteiger partial charge is 0.480 e. The summed E-state index contributed by atoms with van der Waals surface area (Å²) in [5, 5.41) is 50.0. The van der Waals surface area contributed by atoms with Crippen LogP contribution in [0.15, 0.2) is 18.2 Å². The summed E-state index contributed by atoms with van der Waals surface area (Å²) in [6.07, 6.45) is -0.397. The van der Waals surface area contributed by atoms with E-state index in [4.69, 9.17) is 4.74 Å². The Morgan fingerprint density at radius 1 is 0.819 bits per heavy atom. The third kappa shape index (κ3) is 14.5. The Balaban J connectivity index is 0.986. The Hall–Kier alpha value is -6.12. The van der Waals surface area contributed by atoms with Crippen LogP contribution in [0.2, 0.25) is 0 Å². The number of benzene rings is 1. The zero-order valence-corrected chi connectivity index (χ0v) is 40.7. The summed E-state index contributed by atoms with van der Waals surface area (Å²) in [7, 11) is 0. The zero-order chi connectivity index (χ0) is 52.2. The van der Waals surface area contributed by atoms with Crippen LogP contribution in [0.3, 0.4) is 0 Å². The minimum Gasteiger partial charge on any atom is -0.480 e. The van der Waals surface area contributed by atoms with Crippen molar-refractivity contribution in [1.82, 2.24) is 45.8 Å². The number of carboxylic acid groups (broad SMARTS) is 3. The molecule has 3 unspecified atom stereocenters. The summed E-state index contributed by atoms with van der Waals surface area (Å²) in [6, 6.07) is -0.783. The number of cyclic esters (lactones) is 1. The fraction of sp³-hybridized carbons (Fsp3) is 0.660. The van der Waals surface area contributed by atoms with Crippen LogP contribution in [0, 0.1) is 5.92 Å². The second-order valence-electron chi connectivity index (χ2n) is 19.2. The van der Waals surface area contributed by atoms with E-state index in [0.717, 1.165) is 11.1 Å². The average Bonchev–Trinajstić information content (AvgIpc) is 3.87. The van der Waals surface area contributed by atoms with Gasteiger partial charge in [-0.3, -0.25) is 67.7 Å². The minimum atomic E-state index is -1.54. The van der Waals surface area contributed by atoms with Crippen LogP contribution in [-0.2, 0) is 65.5 Å². The number of para-hydroxylation sites is 1. The van der Waals surface area contributed by atoms with E-state index in [0.29, 0.717) is 77.2 Å². The van der Waals surface area contributed by atoms with Gasteiger partial charge in [0, 0.05) is 84.8 Å². The number of nitrogens with zero attached hydrogens (tertiary/aromatic N) is 6. The number of anilines is 1. The molecule has 0 saturated carbocycles. The number of amides is 5. The third-order valence-electron chi connectivity index (χ3n) is 14.2. The SMILES string of the molecule is CC[C@H](C)[C@H](NC(=O)CC[C@@H](NCC(C=O)N1CCN(C(=O)CN2CCN(CC(=O)O)CCN(CC(=O)O)CC2)CC1)C(=O)O)C(=O)N[C@H]1CCc2cccc3c2N(C1=O)[C@H](C(=O)NC1CC(=O)OC1O)C3. The molecule has 3 fully saturated rings. The van der Waals surface area contributed by atoms with E-state index in [9.17, 15) is 68.4 Å². The number of aliphatic hydroxyl groups excluding tert-OH is 1. The minimum absolute atomic E-state index is 0.0324. The highest BCUT2D eigenvalue weighted by atomic mass is 16.6. The lowest BCUT2D eigenvalue weighted by Crippen LogP contribution is -2.59. The summed E-state index contributed by atoms with van der Waals surface area (Å²) >= 11 is 0. The van der Waals surface area contributed by atoms with Crippen molar-refractivity contribution in [2.24, 2.45) is 5.92 Å². The normalized spacial score (nSPS) is 24.0. The quantitative estimate of drug-likeness (QED) is 0.0409. The van der Waals surface area contributed by atoms with Crippen LogP contribution in [0.5, 0.6) is 0 Å². The van der Waals surface area contributed by atoms with Crippen molar-refractivity contribution in [3.63, 3.8) is 0 Å². The number of nitrogens with one attached hydrogen (secondary N) is 4. The van der Waals surface area contributed by atoms with E-state index >= 15 is 0 Å². The van der Waals surface area contributed by atoms with Gasteiger partial charge >= 0.3 is 23.9 Å². The van der Waals surface area contributed by atoms with Crippen molar-refractivity contribution in [2.45, 2.75) is 101 Å². The van der Waals surface area contributed by atoms with Gasteiger partial charge in [-0.15, -0.1) is 0 Å². The maximum absolute atomic E-state index is 14.3. The number of carbonyl (C=O) groups is 10. The van der Waals surface area contributed by atoms with Crippen LogP contribution in [-0.4, -0.2) is 239 Å². The Morgan fingerprint density at radius 3 is 1.99 bits per heavy atom. The monoisotopic (exact) mass is 1010 g/mol. The van der Waals surface area contributed by atoms with Gasteiger partial charge < -0.3 is 56.1 Å². The maximum Gasteiger partial charge on any atom is 0.320 e. The second-order valence-corrected chi connectivity index (χ2v) is 19.2. The fourth-order valence-electron chi connectivity index (χ4n) is 9.88. The van der Waals surface area contributed by atoms with Crippen molar-refractivity contribution in [3.8, 4) is 0 Å². The van der Waals surface area contributed by atoms with E-state index in [-0.39, 0.29) is 77.3 Å². The molecule has 1 aromatic carbocycles. The van der Waals surface area contributed by atoms with Crippen LogP contribution in [0.4, 0.5) is 5.69 Å². The first-order valence-corrected chi connectivity index (χ1v) is 24.6. The Morgan fingerprint density at radius 2 is 1.43 bits per heavy atom. The Bertz CT molecular complexity index is 2160. The lowest BCUT2D eigenvalue weighted by molar-refractivity contribution is -0.155. The second kappa shape index (κ2) is 25.5. The van der Waals surface area contributed by atoms with Gasteiger partial charge in [0.1, 0.15) is 36.5 Å². The summed E-state index contributed by atoms with van der Waals surface area (Å²) in [6.45, 7) is 6.60. The average molecular weight is 1010 g/mol. The number of carboxylic acids is 3. The molecule has 25 heteroatoms. The molecule has 0 aromatic heterocycles. The lowest BCUT2D eigenvalue weighted by atomic mass is 9.96. The molecular weight excluding hydrogens is 945 g/mol. The van der Waals surface area contributed by atoms with E-state index in [1.54, 1.807) is 21.6 Å². The number of rotatable bonds is 22. The van der Waals surface area contributed by atoms with Gasteiger partial charge in [0.25, 0.3) is 0 Å². The molecule has 0 spiro atoms. The van der Waals surface area contributed by atoms with Crippen molar-refractivity contribution in [1.29, 1.82) is 0 Å². The number of carbonyl (C=O) groups excluding carboxylic acids is 7. The number of ether oxygens (including phenoxy) is 1. The van der Waals surface area contributed by atoms with Crippen molar-refractivity contribution in [3.05, 3.63) is 29.3 Å². The van der Waals surface area contributed by atoms with Crippen molar-refractivity contribution in [2.75, 3.05) is 96.5 Å². The molecule has 5 aliphatic heterocycles. The van der Waals surface area contributed by atoms with E-state index in [1.165, 1.54) is 4.90 Å². The number of aliphatic hydroxyl groups is 1. The molecule has 5 aliphatic rings. The van der Waals surface area contributed by atoms with E-state index in [1.807, 2.05) is 34.9 Å². The number of esters is 1. The molecule has 8 N–H and O–H groups in total. The number of hydrogen-bond acceptors (Lipinski definition) is 17. The third-order valence-corrected chi connectivity index (χ3v) is 14.2. The Labute approximate surface area is 416 Å². The van der Waals surface area contributed by atoms with Gasteiger partial charge in [-0.2, -0.15) is 0 Å². The first kappa shape index (κ1) is 55.2. The molecule has 5 amide bonds. The predicted octanol–water partition coefficient (Wildman–Crippen LogP) is -3.72. The molecule has 396 valence electrons. The molecular formula is C47H68N10O15. The first-order chi connectivity index (χ1) is 34.3. The predicted molar refractivity (Wildman–Crippen MR) is 253 cm³/mol. The summed E-state index contributed by atoms with van der Waals surface area (Å²) < 4.78 is 4.76. The maximum atomic E-state index is 14.3. The topological polar surface area (TPSA) is 328 Å². The molecule has 1 aromatic rings. The van der Waals surface area contributed by atoms with E-state index < -0.39 is 96.0 Å². The van der Waals surface area contributed by atoms with Gasteiger partial charge in [-0.1, -0.05) is 38.5 Å². The highest BCUT2D eigenvalue weighted by Crippen LogP contribution is 2.39. The lowest BCUT2D eigenvalue weighted by Gasteiger charge is -2.38. The molecule has 0 radical (unpaired) electrons. The van der Waals surface area contributed by atoms with Crippen LogP contribution in [0.25, 0.3) is 0 Å². The standard InChI is InChI=1S/C47H68N10O15/c1-3-28(2)41(44(67)49-32-8-7-29-5-4-6-30-21-35(57(42(29)30)45(32)68)43(66)50-34-22-40(65)72-47(34)71)51-36(59)10-9-33(46(69)70)48-23-31(27-58)55-17-19-56(20-18-55)37(60)24-52-11-13-53(25-38(61)62)15-16-54(14-12-52)26-39(63)64/h4-6,27-28,31-35,41,47-48,71H,3,7-26H2,1-2H3,(H,49,67)(H,50,66)(H,51,59)(H,61,62)(H,63,64)(H,69,70)/t28-,31?,32-,33+,34?,35-,41-,47?/m0/s1. The van der Waals surface area contributed by atoms with Crippen LogP contribution in [0.1, 0.15) is 57.1 Å². The molecule has 0 bridgehead atoms. The highest BCUT2D eigenvalue weighted by molar-refractivity contribution is 6.08. The molecule has 0 aliphatic carbocycles. The number of hydrogen-bond donors (Lipinski definition) is 8. The first-order valence-electron chi connectivity index (χ1n) is 24.6. The molecule has 6 rings (SSSR count). The van der Waals surface area contributed by atoms with Gasteiger partial charge in [0.2, 0.25) is 35.8 Å². The van der Waals surface area contributed by atoms with Crippen LogP contribution >= 0.6 is 0 Å². The zero-order valence-electron chi connectivity index (χ0n) is 40.7. The summed E-state index contributed by atoms with van der Waals surface area (Å²) in [4.78, 5) is 138. The smallest absolute Gasteiger partial charge is 0.320 e. The molecule has 25 nitrogen and oxygen atoms in total. The van der Waals surface area contributed by atoms with Gasteiger partial charge in [0.15, 0.2) is 0 Å². The Kier molecular flexibility index (Phi) is 19.6. The number of aryl methyl sites for hydroxylation is 1. The number of aliphatic carboxylic acids is 3. The molecule has 8 atom stereocenters. The fourth-order valence-corrected chi connectivity index (χ4v) is 9.88. The summed E-state index contributed by atoms with van der Waals surface area (Å²) in [5.41, 5.74) is 2.11. The van der Waals surface area contributed by atoms with Gasteiger partial charge in [-0.05, 0) is 36.3 Å². The molecule has 3 saturated heterocycles. The summed E-state index contributed by atoms with van der Waals surface area (Å²) in [5.74, 6) is -6.96. The molecule has 72 heavy (non-hydrogen) atoms. The van der Waals surface area contributed by atoms with Crippen molar-refractivity contribution < 1.29 is 73.1 Å². The van der Waals surface area contributed by atoms with Gasteiger partial charge in [-0.25, -0.2) is 0 Å². The van der Waals surface area contributed by atoms with Gasteiger partial charge in [0.05, 0.1) is 37.8 Å². The highest BCUT2D eigenvalue weighted by Gasteiger charge is 2.46.